The van der Waals surface area contributed by atoms with E-state index in [-0.39, 0.29) is 5.82 Å². The Bertz CT molecular complexity index is 384. The van der Waals surface area contributed by atoms with Crippen molar-refractivity contribution in [3.8, 4) is 0 Å². The largest absolute Gasteiger partial charge is 0.306 e. The fourth-order valence-corrected chi connectivity index (χ4v) is 1.11. The van der Waals surface area contributed by atoms with Gasteiger partial charge < -0.3 is 4.57 Å². The summed E-state index contributed by atoms with van der Waals surface area (Å²) in [6.45, 7) is 0.546. The van der Waals surface area contributed by atoms with E-state index in [1.54, 1.807) is 17.0 Å². The first-order valence-corrected chi connectivity index (χ1v) is 3.84. The monoisotopic (exact) mass is 176 g/mol. The number of hydrogen-bond acceptors (Lipinski definition) is 2. The highest BCUT2D eigenvalue weighted by molar-refractivity contribution is 5.16. The Labute approximate surface area is 74.8 Å². The van der Waals surface area contributed by atoms with Gasteiger partial charge in [0.2, 0.25) is 6.33 Å². The minimum Gasteiger partial charge on any atom is -0.306 e. The lowest BCUT2D eigenvalue weighted by Gasteiger charge is -2.00. The van der Waals surface area contributed by atoms with E-state index in [1.807, 2.05) is 6.07 Å². The van der Waals surface area contributed by atoms with Gasteiger partial charge in [0.25, 0.3) is 0 Å². The first-order chi connectivity index (χ1) is 6.34. The first kappa shape index (κ1) is 7.91. The Morgan fingerprint density at radius 3 is 3.08 bits per heavy atom. The third kappa shape index (κ3) is 1.90. The number of rotatable bonds is 2. The van der Waals surface area contributed by atoms with Crippen molar-refractivity contribution < 1.29 is 4.39 Å². The number of benzene rings is 1. The van der Waals surface area contributed by atoms with E-state index in [1.165, 1.54) is 12.1 Å². The average molecular weight is 176 g/mol. The number of hydrogen-bond donors (Lipinski definition) is 0. The molecule has 3 nitrogen and oxygen atoms in total. The summed E-state index contributed by atoms with van der Waals surface area (Å²) in [5.41, 5.74) is 0.871. The van der Waals surface area contributed by atoms with Crippen LogP contribution in [0.3, 0.4) is 0 Å². The van der Waals surface area contributed by atoms with Crippen LogP contribution in [0.15, 0.2) is 30.6 Å². The van der Waals surface area contributed by atoms with Gasteiger partial charge in [0.05, 0.1) is 6.54 Å². The van der Waals surface area contributed by atoms with E-state index in [0.717, 1.165) is 5.56 Å². The van der Waals surface area contributed by atoms with Crippen LogP contribution in [0.5, 0.6) is 0 Å². The predicted molar refractivity (Wildman–Crippen MR) is 44.4 cm³/mol. The Hall–Kier alpha value is -1.71. The van der Waals surface area contributed by atoms with Gasteiger partial charge in [0.15, 0.2) is 0 Å². The van der Waals surface area contributed by atoms with Gasteiger partial charge >= 0.3 is 0 Å². The fourth-order valence-electron chi connectivity index (χ4n) is 1.11. The van der Waals surface area contributed by atoms with Crippen LogP contribution >= 0.6 is 0 Å². The van der Waals surface area contributed by atoms with Crippen molar-refractivity contribution in [2.24, 2.45) is 0 Å². The molecule has 0 unspecified atom stereocenters. The summed E-state index contributed by atoms with van der Waals surface area (Å²) < 4.78 is 14.4. The highest BCUT2D eigenvalue weighted by Gasteiger charge is 1.96. The molecule has 0 saturated heterocycles. The second kappa shape index (κ2) is 3.35. The van der Waals surface area contributed by atoms with E-state index in [4.69, 9.17) is 0 Å². The van der Waals surface area contributed by atoms with Crippen LogP contribution in [0.1, 0.15) is 5.56 Å². The van der Waals surface area contributed by atoms with Gasteiger partial charge in [-0.3, -0.25) is 0 Å². The zero-order chi connectivity index (χ0) is 9.10. The molecule has 0 aliphatic carbocycles. The fraction of sp³-hybridized carbons (Fsp3) is 0.111. The minimum atomic E-state index is -0.231. The normalized spacial score (nSPS) is 10.2. The summed E-state index contributed by atoms with van der Waals surface area (Å²) in [6, 6.07) is 6.42. The summed E-state index contributed by atoms with van der Waals surface area (Å²) in [4.78, 5) is 0. The molecule has 0 atom stereocenters. The van der Waals surface area contributed by atoms with Crippen LogP contribution in [0.2, 0.25) is 0 Å². The lowest BCUT2D eigenvalue weighted by atomic mass is 10.2. The Morgan fingerprint density at radius 2 is 2.38 bits per heavy atom. The van der Waals surface area contributed by atoms with Gasteiger partial charge in [-0.05, 0) is 17.7 Å². The molecule has 1 heterocycles. The maximum absolute atomic E-state index is 12.7. The Morgan fingerprint density at radius 1 is 1.46 bits per heavy atom. The molecular formula is C9H7FN3. The van der Waals surface area contributed by atoms with Crippen molar-refractivity contribution >= 4 is 0 Å². The molecule has 0 aliphatic heterocycles. The lowest BCUT2D eigenvalue weighted by molar-refractivity contribution is 0.623. The number of aromatic nitrogens is 3. The van der Waals surface area contributed by atoms with E-state index in [0.29, 0.717) is 6.54 Å². The second-order valence-corrected chi connectivity index (χ2v) is 2.69. The van der Waals surface area contributed by atoms with Gasteiger partial charge in [0, 0.05) is 0 Å². The topological polar surface area (TPSA) is 30.7 Å². The molecule has 2 rings (SSSR count). The molecule has 2 aromatic rings. The van der Waals surface area contributed by atoms with Gasteiger partial charge in [-0.25, -0.2) is 4.39 Å². The Balaban J connectivity index is 2.19. The molecule has 0 N–H and O–H groups in total. The number of nitrogens with zero attached hydrogens (tertiary/aromatic N) is 3. The summed E-state index contributed by atoms with van der Waals surface area (Å²) in [5, 5.41) is 7.14. The van der Waals surface area contributed by atoms with Crippen LogP contribution in [0, 0.1) is 12.1 Å². The molecule has 1 aromatic heterocycles. The maximum Gasteiger partial charge on any atom is 0.202 e. The molecule has 0 amide bonds. The summed E-state index contributed by atoms with van der Waals surface area (Å²) >= 11 is 0. The van der Waals surface area contributed by atoms with E-state index in [9.17, 15) is 4.39 Å². The van der Waals surface area contributed by atoms with Crippen LogP contribution in [-0.4, -0.2) is 14.8 Å². The zero-order valence-electron chi connectivity index (χ0n) is 6.81. The molecular weight excluding hydrogens is 169 g/mol. The van der Waals surface area contributed by atoms with Crippen molar-refractivity contribution in [1.82, 2.24) is 14.8 Å². The molecule has 1 aromatic carbocycles. The highest BCUT2D eigenvalue weighted by Crippen LogP contribution is 2.04. The van der Waals surface area contributed by atoms with E-state index in [2.05, 4.69) is 16.5 Å². The van der Waals surface area contributed by atoms with Crippen LogP contribution in [-0.2, 0) is 6.54 Å². The number of halogens is 1. The molecule has 0 fully saturated rings. The van der Waals surface area contributed by atoms with Crippen molar-refractivity contribution in [3.05, 3.63) is 48.3 Å². The molecule has 4 heteroatoms. The molecule has 65 valence electrons. The molecule has 0 saturated carbocycles. The van der Waals surface area contributed by atoms with Gasteiger partial charge in [0.1, 0.15) is 12.1 Å². The smallest absolute Gasteiger partial charge is 0.202 e. The molecule has 1 radical (unpaired) electrons. The van der Waals surface area contributed by atoms with Crippen molar-refractivity contribution in [2.45, 2.75) is 6.54 Å². The quantitative estimate of drug-likeness (QED) is 0.689. The summed E-state index contributed by atoms with van der Waals surface area (Å²) in [6.07, 6.45) is 4.18. The second-order valence-electron chi connectivity index (χ2n) is 2.69. The summed E-state index contributed by atoms with van der Waals surface area (Å²) in [7, 11) is 0. The third-order valence-electron chi connectivity index (χ3n) is 1.66. The maximum atomic E-state index is 12.7. The zero-order valence-corrected chi connectivity index (χ0v) is 6.81. The van der Waals surface area contributed by atoms with Crippen molar-refractivity contribution in [3.63, 3.8) is 0 Å². The van der Waals surface area contributed by atoms with E-state index < -0.39 is 0 Å². The Kier molecular flexibility index (Phi) is 2.04. The first-order valence-electron chi connectivity index (χ1n) is 3.84. The van der Waals surface area contributed by atoms with Crippen LogP contribution < -0.4 is 0 Å². The standard InChI is InChI=1S/C9H7FN3/c10-9-3-1-2-8(4-9)5-13-6-11-12-7-13/h1-4,6H,5H2. The van der Waals surface area contributed by atoms with Gasteiger partial charge in [-0.15, -0.1) is 10.2 Å². The van der Waals surface area contributed by atoms with E-state index >= 15 is 0 Å². The average Bonchev–Trinajstić information content (AvgIpc) is 2.57. The summed E-state index contributed by atoms with van der Waals surface area (Å²) in [5.74, 6) is -0.231. The third-order valence-corrected chi connectivity index (χ3v) is 1.66. The lowest BCUT2D eigenvalue weighted by Crippen LogP contribution is -1.96. The van der Waals surface area contributed by atoms with Crippen molar-refractivity contribution in [1.29, 1.82) is 0 Å². The predicted octanol–water partition coefficient (Wildman–Crippen LogP) is 1.27. The molecule has 13 heavy (non-hydrogen) atoms. The van der Waals surface area contributed by atoms with Gasteiger partial charge in [-0.1, -0.05) is 12.1 Å². The molecule has 0 spiro atoms. The molecule has 0 bridgehead atoms. The van der Waals surface area contributed by atoms with Crippen LogP contribution in [0.25, 0.3) is 0 Å². The SMILES string of the molecule is Fc1cccc(Cn2[c]nnc2)c1. The minimum absolute atomic E-state index is 0.231. The van der Waals surface area contributed by atoms with Crippen LogP contribution in [0.4, 0.5) is 4.39 Å². The van der Waals surface area contributed by atoms with Crippen molar-refractivity contribution in [2.75, 3.05) is 0 Å². The van der Waals surface area contributed by atoms with Gasteiger partial charge in [-0.2, -0.15) is 0 Å². The highest BCUT2D eigenvalue weighted by atomic mass is 19.1. The molecule has 0 aliphatic rings.